The van der Waals surface area contributed by atoms with Crippen LogP contribution in [0, 0.1) is 6.92 Å². The lowest BCUT2D eigenvalue weighted by atomic mass is 10.1. The largest absolute Gasteiger partial charge is 0.489 e. The Hall–Kier alpha value is -0.950. The van der Waals surface area contributed by atoms with Gasteiger partial charge in [0.1, 0.15) is 12.4 Å². The van der Waals surface area contributed by atoms with Crippen molar-refractivity contribution in [1.29, 1.82) is 0 Å². The van der Waals surface area contributed by atoms with Crippen LogP contribution < -0.4 is 4.74 Å². The molecule has 0 unspecified atom stereocenters. The van der Waals surface area contributed by atoms with Crippen LogP contribution in [0.15, 0.2) is 18.2 Å². The summed E-state index contributed by atoms with van der Waals surface area (Å²) in [6.07, 6.45) is 4.01. The second-order valence-electron chi connectivity index (χ2n) is 2.85. The van der Waals surface area contributed by atoms with E-state index in [1.54, 1.807) is 0 Å². The van der Waals surface area contributed by atoms with Gasteiger partial charge in [-0.05, 0) is 30.7 Å². The monoisotopic (exact) mass is 180 g/mol. The average Bonchev–Trinajstić information content (AvgIpc) is 2.07. The van der Waals surface area contributed by atoms with Crippen molar-refractivity contribution < 1.29 is 4.74 Å². The molecule has 2 rings (SSSR count). The summed E-state index contributed by atoms with van der Waals surface area (Å²) in [5.74, 6) is 0.930. The summed E-state index contributed by atoms with van der Waals surface area (Å²) in [6.45, 7) is 2.64. The Morgan fingerprint density at radius 2 is 2.25 bits per heavy atom. The maximum atomic E-state index is 5.96. The molecule has 0 amide bonds. The third-order valence-corrected chi connectivity index (χ3v) is 2.33. The quantitative estimate of drug-likeness (QED) is 0.596. The van der Waals surface area contributed by atoms with Gasteiger partial charge in [-0.1, -0.05) is 17.7 Å². The number of fused-ring (bicyclic) bond motifs is 1. The number of halogens is 1. The van der Waals surface area contributed by atoms with E-state index in [1.807, 2.05) is 31.2 Å². The molecule has 0 aromatic heterocycles. The van der Waals surface area contributed by atoms with Crippen LogP contribution in [-0.4, -0.2) is 6.61 Å². The minimum atomic E-state index is 0.661. The zero-order chi connectivity index (χ0) is 8.55. The Morgan fingerprint density at radius 3 is 3.08 bits per heavy atom. The minimum absolute atomic E-state index is 0.661. The fraction of sp³-hybridized carbons (Fsp3) is 0.200. The van der Waals surface area contributed by atoms with Crippen LogP contribution in [0.5, 0.6) is 5.75 Å². The highest BCUT2D eigenvalue weighted by Crippen LogP contribution is 2.29. The van der Waals surface area contributed by atoms with Gasteiger partial charge in [0.05, 0.1) is 0 Å². The molecule has 0 saturated heterocycles. The highest BCUT2D eigenvalue weighted by Gasteiger charge is 2.07. The Morgan fingerprint density at radius 1 is 1.42 bits per heavy atom. The van der Waals surface area contributed by atoms with Crippen molar-refractivity contribution in [1.82, 2.24) is 0 Å². The first-order valence-electron chi connectivity index (χ1n) is 3.87. The van der Waals surface area contributed by atoms with Gasteiger partial charge in [-0.25, -0.2) is 0 Å². The van der Waals surface area contributed by atoms with Gasteiger partial charge in [0.25, 0.3) is 0 Å². The number of ether oxygens (including phenoxy) is 1. The topological polar surface area (TPSA) is 9.23 Å². The summed E-state index contributed by atoms with van der Waals surface area (Å²) in [4.78, 5) is 0. The molecule has 0 radical (unpaired) electrons. The molecule has 0 N–H and O–H groups in total. The van der Waals surface area contributed by atoms with Crippen LogP contribution in [0.1, 0.15) is 11.1 Å². The van der Waals surface area contributed by atoms with Crippen LogP contribution in [0.3, 0.4) is 0 Å². The smallest absolute Gasteiger partial charge is 0.127 e. The second-order valence-corrected chi connectivity index (χ2v) is 3.26. The molecule has 0 aliphatic carbocycles. The SMILES string of the molecule is Cc1cc2c(cc1Cl)C=CCO2. The van der Waals surface area contributed by atoms with Crippen molar-refractivity contribution in [2.45, 2.75) is 6.92 Å². The number of hydrogen-bond donors (Lipinski definition) is 0. The van der Waals surface area contributed by atoms with E-state index in [9.17, 15) is 0 Å². The van der Waals surface area contributed by atoms with Crippen LogP contribution in [-0.2, 0) is 0 Å². The van der Waals surface area contributed by atoms with Gasteiger partial charge in [0.2, 0.25) is 0 Å². The first-order valence-corrected chi connectivity index (χ1v) is 4.24. The fourth-order valence-corrected chi connectivity index (χ4v) is 1.41. The highest BCUT2D eigenvalue weighted by molar-refractivity contribution is 6.31. The van der Waals surface area contributed by atoms with Gasteiger partial charge >= 0.3 is 0 Å². The molecule has 12 heavy (non-hydrogen) atoms. The van der Waals surface area contributed by atoms with Gasteiger partial charge in [-0.15, -0.1) is 0 Å². The average molecular weight is 181 g/mol. The zero-order valence-electron chi connectivity index (χ0n) is 6.80. The highest BCUT2D eigenvalue weighted by atomic mass is 35.5. The first-order chi connectivity index (χ1) is 5.77. The van der Waals surface area contributed by atoms with E-state index in [1.165, 1.54) is 0 Å². The van der Waals surface area contributed by atoms with Crippen LogP contribution in [0.2, 0.25) is 5.02 Å². The van der Waals surface area contributed by atoms with Crippen LogP contribution in [0.25, 0.3) is 6.08 Å². The summed E-state index contributed by atoms with van der Waals surface area (Å²) in [7, 11) is 0. The van der Waals surface area contributed by atoms with E-state index >= 15 is 0 Å². The van der Waals surface area contributed by atoms with E-state index in [0.29, 0.717) is 6.61 Å². The van der Waals surface area contributed by atoms with Gasteiger partial charge in [0.15, 0.2) is 0 Å². The van der Waals surface area contributed by atoms with E-state index in [4.69, 9.17) is 16.3 Å². The van der Waals surface area contributed by atoms with Crippen LogP contribution >= 0.6 is 11.6 Å². The first kappa shape index (κ1) is 7.69. The third kappa shape index (κ3) is 1.21. The van der Waals surface area contributed by atoms with E-state index in [0.717, 1.165) is 21.9 Å². The van der Waals surface area contributed by atoms with Crippen LogP contribution in [0.4, 0.5) is 0 Å². The van der Waals surface area contributed by atoms with Gasteiger partial charge in [-0.2, -0.15) is 0 Å². The summed E-state index contributed by atoms with van der Waals surface area (Å²) in [5, 5.41) is 0.795. The molecule has 2 heteroatoms. The minimum Gasteiger partial charge on any atom is -0.489 e. The van der Waals surface area contributed by atoms with Gasteiger partial charge < -0.3 is 4.74 Å². The molecule has 1 aromatic rings. The molecule has 0 spiro atoms. The number of rotatable bonds is 0. The summed E-state index contributed by atoms with van der Waals surface area (Å²) in [5.41, 5.74) is 2.13. The standard InChI is InChI=1S/C10H9ClO/c1-7-5-10-8(6-9(7)11)3-2-4-12-10/h2-3,5-6H,4H2,1H3. The fourth-order valence-electron chi connectivity index (χ4n) is 1.24. The van der Waals surface area contributed by atoms with Gasteiger partial charge in [-0.3, -0.25) is 0 Å². The molecule has 0 saturated carbocycles. The molecule has 0 bridgehead atoms. The predicted octanol–water partition coefficient (Wildman–Crippen LogP) is 3.05. The Bertz CT molecular complexity index is 342. The summed E-state index contributed by atoms with van der Waals surface area (Å²) >= 11 is 5.96. The molecular formula is C10H9ClO. The lowest BCUT2D eigenvalue weighted by Gasteiger charge is -2.13. The van der Waals surface area contributed by atoms with E-state index in [-0.39, 0.29) is 0 Å². The second kappa shape index (κ2) is 2.83. The summed E-state index contributed by atoms with van der Waals surface area (Å²) < 4.78 is 5.41. The Labute approximate surface area is 76.6 Å². The zero-order valence-corrected chi connectivity index (χ0v) is 7.56. The van der Waals surface area contributed by atoms with Crippen molar-refractivity contribution >= 4 is 17.7 Å². The molecular weight excluding hydrogens is 172 g/mol. The molecule has 0 fully saturated rings. The Kier molecular flexibility index (Phi) is 1.81. The van der Waals surface area contributed by atoms with E-state index in [2.05, 4.69) is 0 Å². The molecule has 1 aromatic carbocycles. The molecule has 62 valence electrons. The Balaban J connectivity index is 2.58. The van der Waals surface area contributed by atoms with Crippen molar-refractivity contribution in [2.24, 2.45) is 0 Å². The van der Waals surface area contributed by atoms with E-state index < -0.39 is 0 Å². The third-order valence-electron chi connectivity index (χ3n) is 1.92. The molecule has 1 heterocycles. The molecule has 1 aliphatic rings. The van der Waals surface area contributed by atoms with Gasteiger partial charge in [0, 0.05) is 10.6 Å². The number of aryl methyl sites for hydroxylation is 1. The van der Waals surface area contributed by atoms with Crippen molar-refractivity contribution in [3.05, 3.63) is 34.4 Å². The maximum absolute atomic E-state index is 5.96. The van der Waals surface area contributed by atoms with Crippen molar-refractivity contribution in [2.75, 3.05) is 6.61 Å². The molecule has 1 aliphatic heterocycles. The summed E-state index contributed by atoms with van der Waals surface area (Å²) in [6, 6.07) is 3.91. The molecule has 0 atom stereocenters. The predicted molar refractivity (Wildman–Crippen MR) is 50.7 cm³/mol. The lowest BCUT2D eigenvalue weighted by molar-refractivity contribution is 0.358. The molecule has 1 nitrogen and oxygen atoms in total. The lowest BCUT2D eigenvalue weighted by Crippen LogP contribution is -2.00. The normalized spacial score (nSPS) is 13.8. The van der Waals surface area contributed by atoms with Crippen molar-refractivity contribution in [3.63, 3.8) is 0 Å². The van der Waals surface area contributed by atoms with Crippen molar-refractivity contribution in [3.8, 4) is 5.75 Å². The maximum Gasteiger partial charge on any atom is 0.127 e. The number of hydrogen-bond acceptors (Lipinski definition) is 1. The number of benzene rings is 1.